The smallest absolute Gasteiger partial charge is 0.167 e. The topological polar surface area (TPSA) is 56.7 Å². The minimum absolute atomic E-state index is 0.569. The van der Waals surface area contributed by atoms with Crippen LogP contribution in [-0.2, 0) is 0 Å². The van der Waals surface area contributed by atoms with Crippen LogP contribution in [0.25, 0.3) is 104 Å². The van der Waals surface area contributed by atoms with Gasteiger partial charge in [-0.25, -0.2) is 15.0 Å². The van der Waals surface area contributed by atoms with Crippen molar-refractivity contribution in [3.05, 3.63) is 158 Å². The van der Waals surface area contributed by atoms with Gasteiger partial charge in [0.1, 0.15) is 11.2 Å². The lowest BCUT2D eigenvalue weighted by atomic mass is 10.1. The van der Waals surface area contributed by atoms with E-state index in [4.69, 9.17) is 19.4 Å². The van der Waals surface area contributed by atoms with Crippen LogP contribution in [0.3, 0.4) is 0 Å². The molecule has 0 radical (unpaired) electrons. The molecule has 0 aliphatic rings. The summed E-state index contributed by atoms with van der Waals surface area (Å²) in [7, 11) is 0. The number of aromatic nitrogens is 4. The van der Waals surface area contributed by atoms with Gasteiger partial charge < -0.3 is 8.98 Å². The van der Waals surface area contributed by atoms with Crippen LogP contribution in [-0.4, -0.2) is 19.5 Å². The van der Waals surface area contributed by atoms with E-state index in [1.807, 2.05) is 24.3 Å². The highest BCUT2D eigenvalue weighted by atomic mass is 32.1. The Labute approximate surface area is 295 Å². The maximum absolute atomic E-state index is 6.47. The molecule has 4 heterocycles. The van der Waals surface area contributed by atoms with Gasteiger partial charge in [0.25, 0.3) is 0 Å². The summed E-state index contributed by atoms with van der Waals surface area (Å²) in [5, 5.41) is 6.98. The molecular formula is C45H26N4OS. The summed E-state index contributed by atoms with van der Waals surface area (Å²) in [6.07, 6.45) is 0. The molecule has 0 bridgehead atoms. The van der Waals surface area contributed by atoms with Crippen LogP contribution in [0.15, 0.2) is 162 Å². The highest BCUT2D eigenvalue weighted by Gasteiger charge is 2.20. The molecule has 0 N–H and O–H groups in total. The van der Waals surface area contributed by atoms with Crippen LogP contribution in [0, 0.1) is 0 Å². The third kappa shape index (κ3) is 4.37. The summed E-state index contributed by atoms with van der Waals surface area (Å²) in [6, 6.07) is 55.0. The van der Waals surface area contributed by atoms with E-state index in [0.29, 0.717) is 17.5 Å². The average Bonchev–Trinajstić information content (AvgIpc) is 3.87. The van der Waals surface area contributed by atoms with E-state index in [1.165, 1.54) is 30.9 Å². The van der Waals surface area contributed by atoms with Crippen LogP contribution in [0.5, 0.6) is 0 Å². The molecule has 0 amide bonds. The first-order valence-corrected chi connectivity index (χ1v) is 17.8. The average molecular weight is 671 g/mol. The summed E-state index contributed by atoms with van der Waals surface area (Å²) in [5.41, 5.74) is 7.63. The van der Waals surface area contributed by atoms with Crippen molar-refractivity contribution in [1.82, 2.24) is 19.5 Å². The van der Waals surface area contributed by atoms with Gasteiger partial charge in [-0.2, -0.15) is 0 Å². The minimum Gasteiger partial charge on any atom is -0.455 e. The van der Waals surface area contributed by atoms with Crippen LogP contribution in [0.1, 0.15) is 0 Å². The first-order chi connectivity index (χ1) is 25.3. The van der Waals surface area contributed by atoms with Gasteiger partial charge in [-0.05, 0) is 48.5 Å². The molecule has 6 heteroatoms. The Kier molecular flexibility index (Phi) is 6.05. The molecule has 51 heavy (non-hydrogen) atoms. The van der Waals surface area contributed by atoms with Crippen molar-refractivity contribution in [2.45, 2.75) is 0 Å². The Morgan fingerprint density at radius 2 is 1.06 bits per heavy atom. The van der Waals surface area contributed by atoms with Crippen molar-refractivity contribution in [2.24, 2.45) is 0 Å². The number of thiophene rings is 1. The first kappa shape index (κ1) is 28.2. The first-order valence-electron chi connectivity index (χ1n) is 16.9. The van der Waals surface area contributed by atoms with E-state index in [1.54, 1.807) is 11.3 Å². The zero-order valence-corrected chi connectivity index (χ0v) is 27.9. The van der Waals surface area contributed by atoms with Gasteiger partial charge in [0.15, 0.2) is 17.5 Å². The minimum atomic E-state index is 0.569. The summed E-state index contributed by atoms with van der Waals surface area (Å²) < 4.78 is 11.3. The number of furan rings is 1. The van der Waals surface area contributed by atoms with Crippen molar-refractivity contribution < 1.29 is 4.42 Å². The number of hydrogen-bond acceptors (Lipinski definition) is 5. The predicted octanol–water partition coefficient (Wildman–Crippen LogP) is 12.2. The molecule has 0 aliphatic carbocycles. The number of para-hydroxylation sites is 4. The largest absolute Gasteiger partial charge is 0.455 e. The van der Waals surface area contributed by atoms with Gasteiger partial charge in [0.2, 0.25) is 0 Å². The summed E-state index contributed by atoms with van der Waals surface area (Å²) in [5.74, 6) is 1.79. The Morgan fingerprint density at radius 3 is 1.92 bits per heavy atom. The van der Waals surface area contributed by atoms with Gasteiger partial charge in [-0.3, -0.25) is 0 Å². The molecule has 4 aromatic heterocycles. The molecule has 0 spiro atoms. The fourth-order valence-electron chi connectivity index (χ4n) is 7.51. The van der Waals surface area contributed by atoms with E-state index < -0.39 is 0 Å². The zero-order valence-electron chi connectivity index (χ0n) is 27.1. The summed E-state index contributed by atoms with van der Waals surface area (Å²) in [4.78, 5) is 15.5. The third-order valence-corrected chi connectivity index (χ3v) is 11.0. The monoisotopic (exact) mass is 670 g/mol. The van der Waals surface area contributed by atoms with Crippen LogP contribution < -0.4 is 0 Å². The molecule has 0 saturated heterocycles. The van der Waals surface area contributed by atoms with Crippen molar-refractivity contribution in [3.8, 4) is 39.9 Å². The molecule has 7 aromatic carbocycles. The van der Waals surface area contributed by atoms with Crippen LogP contribution in [0.4, 0.5) is 0 Å². The summed E-state index contributed by atoms with van der Waals surface area (Å²) in [6.45, 7) is 0. The SMILES string of the molecule is c1ccc(-n2c3ccccc3c3ccc(-c4nc(-c5ccc6c(c5)sc5ccccc56)nc(-c5cccc6c5oc5ccccc56)n4)cc32)cc1. The van der Waals surface area contributed by atoms with E-state index in [2.05, 4.69) is 138 Å². The highest BCUT2D eigenvalue weighted by Crippen LogP contribution is 2.39. The predicted molar refractivity (Wildman–Crippen MR) is 211 cm³/mol. The third-order valence-electron chi connectivity index (χ3n) is 9.86. The Balaban J connectivity index is 1.17. The maximum atomic E-state index is 6.47. The fraction of sp³-hybridized carbons (Fsp3) is 0. The second-order valence-corrected chi connectivity index (χ2v) is 13.9. The molecule has 0 saturated carbocycles. The molecule has 0 fully saturated rings. The lowest BCUT2D eigenvalue weighted by Gasteiger charge is -2.10. The second kappa shape index (κ2) is 10.9. The van der Waals surface area contributed by atoms with E-state index >= 15 is 0 Å². The zero-order chi connectivity index (χ0) is 33.5. The lowest BCUT2D eigenvalue weighted by molar-refractivity contribution is 0.669. The Hall–Kier alpha value is -6.63. The molecule has 11 rings (SSSR count). The number of hydrogen-bond donors (Lipinski definition) is 0. The lowest BCUT2D eigenvalue weighted by Crippen LogP contribution is -2.00. The quantitative estimate of drug-likeness (QED) is 0.187. The molecule has 0 atom stereocenters. The van der Waals surface area contributed by atoms with Crippen molar-refractivity contribution in [2.75, 3.05) is 0 Å². The van der Waals surface area contributed by atoms with E-state index in [9.17, 15) is 0 Å². The fourth-order valence-corrected chi connectivity index (χ4v) is 8.65. The van der Waals surface area contributed by atoms with E-state index in [0.717, 1.165) is 55.3 Å². The second-order valence-electron chi connectivity index (χ2n) is 12.8. The van der Waals surface area contributed by atoms with Gasteiger partial charge in [0.05, 0.1) is 16.6 Å². The molecule has 11 aromatic rings. The maximum Gasteiger partial charge on any atom is 0.167 e. The molecule has 5 nitrogen and oxygen atoms in total. The molecule has 0 aliphatic heterocycles. The number of benzene rings is 7. The van der Waals surface area contributed by atoms with Gasteiger partial charge >= 0.3 is 0 Å². The van der Waals surface area contributed by atoms with E-state index in [-0.39, 0.29) is 0 Å². The normalized spacial score (nSPS) is 11.9. The molecule has 0 unspecified atom stereocenters. The Bertz CT molecular complexity index is 3150. The standard InChI is InChI=1S/C45H26N4OS/c1-2-11-29(12-3-1)49-37-18-7-4-13-30(37)31-23-21-27(25-38(31)49)43-46-44(28-22-24-34-33-15-6-9-20-40(33)51-41(34)26-28)48-45(47-43)36-17-10-16-35-32-14-5-8-19-39(32)50-42(35)36/h1-26H. The van der Waals surface area contributed by atoms with Crippen LogP contribution in [0.2, 0.25) is 0 Å². The molecular weight excluding hydrogens is 645 g/mol. The highest BCUT2D eigenvalue weighted by molar-refractivity contribution is 7.25. The van der Waals surface area contributed by atoms with Crippen LogP contribution >= 0.6 is 11.3 Å². The Morgan fingerprint density at radius 1 is 0.431 bits per heavy atom. The number of nitrogens with zero attached hydrogens (tertiary/aromatic N) is 4. The van der Waals surface area contributed by atoms with Gasteiger partial charge in [-0.1, -0.05) is 109 Å². The number of fused-ring (bicyclic) bond motifs is 9. The van der Waals surface area contributed by atoms with Gasteiger partial charge in [0, 0.05) is 58.5 Å². The van der Waals surface area contributed by atoms with Crippen molar-refractivity contribution in [3.63, 3.8) is 0 Å². The van der Waals surface area contributed by atoms with Crippen molar-refractivity contribution >= 4 is 75.3 Å². The van der Waals surface area contributed by atoms with Crippen molar-refractivity contribution in [1.29, 1.82) is 0 Å². The molecule has 238 valence electrons. The van der Waals surface area contributed by atoms with Gasteiger partial charge in [-0.15, -0.1) is 11.3 Å². The summed E-state index contributed by atoms with van der Waals surface area (Å²) >= 11 is 1.79. The number of rotatable bonds is 4.